The van der Waals surface area contributed by atoms with E-state index in [2.05, 4.69) is 10.6 Å². The topological polar surface area (TPSA) is 67.4 Å². The third-order valence-electron chi connectivity index (χ3n) is 4.72. The Morgan fingerprint density at radius 3 is 2.34 bits per heavy atom. The van der Waals surface area contributed by atoms with Crippen molar-refractivity contribution >= 4 is 40.9 Å². The Morgan fingerprint density at radius 2 is 1.66 bits per heavy atom. The lowest BCUT2D eigenvalue weighted by Crippen LogP contribution is -2.44. The van der Waals surface area contributed by atoms with Crippen LogP contribution in [0.2, 0.25) is 5.02 Å². The lowest BCUT2D eigenvalue weighted by atomic mass is 10.1. The number of halogens is 1. The van der Waals surface area contributed by atoms with Crippen molar-refractivity contribution in [2.75, 3.05) is 17.3 Å². The van der Waals surface area contributed by atoms with Gasteiger partial charge in [-0.3, -0.25) is 9.59 Å². The number of carbonyl (C=O) groups is 2. The molecule has 5 nitrogen and oxygen atoms in total. The van der Waals surface area contributed by atoms with E-state index < -0.39 is 6.04 Å². The van der Waals surface area contributed by atoms with Crippen LogP contribution in [0.5, 0.6) is 5.75 Å². The summed E-state index contributed by atoms with van der Waals surface area (Å²) in [6.45, 7) is 0.470. The summed E-state index contributed by atoms with van der Waals surface area (Å²) >= 11 is 7.73. The molecule has 3 aromatic carbocycles. The van der Waals surface area contributed by atoms with Gasteiger partial charge in [0.2, 0.25) is 5.91 Å². The van der Waals surface area contributed by atoms with E-state index in [1.54, 1.807) is 60.3 Å². The summed E-state index contributed by atoms with van der Waals surface area (Å²) in [6.07, 6.45) is 2.46. The molecule has 1 unspecified atom stereocenters. The van der Waals surface area contributed by atoms with Gasteiger partial charge in [0.05, 0.1) is 10.6 Å². The number of rotatable bonds is 10. The van der Waals surface area contributed by atoms with E-state index in [1.165, 1.54) is 0 Å². The number of ether oxygens (including phenoxy) is 1. The van der Waals surface area contributed by atoms with Crippen molar-refractivity contribution < 1.29 is 14.3 Å². The van der Waals surface area contributed by atoms with Crippen LogP contribution in [0.25, 0.3) is 0 Å². The van der Waals surface area contributed by atoms with Crippen molar-refractivity contribution in [3.8, 4) is 5.75 Å². The Balaban J connectivity index is 1.60. The number of amides is 2. The maximum absolute atomic E-state index is 12.9. The fourth-order valence-electron chi connectivity index (χ4n) is 2.99. The summed E-state index contributed by atoms with van der Waals surface area (Å²) < 4.78 is 5.78. The van der Waals surface area contributed by atoms with Gasteiger partial charge >= 0.3 is 0 Å². The fraction of sp³-hybridized carbons (Fsp3) is 0.200. The van der Waals surface area contributed by atoms with E-state index in [9.17, 15) is 9.59 Å². The number of anilines is 1. The van der Waals surface area contributed by atoms with Crippen molar-refractivity contribution in [1.82, 2.24) is 5.32 Å². The molecule has 2 amide bonds. The molecule has 1 atom stereocenters. The van der Waals surface area contributed by atoms with Gasteiger partial charge in [0.15, 0.2) is 0 Å². The molecule has 3 rings (SSSR count). The molecule has 0 aliphatic rings. The summed E-state index contributed by atoms with van der Waals surface area (Å²) in [5.74, 6) is 0.782. The van der Waals surface area contributed by atoms with Gasteiger partial charge in [0, 0.05) is 5.69 Å². The molecule has 0 aliphatic heterocycles. The SMILES string of the molecule is CSCCC(NC(=O)c1ccccc1Cl)C(=O)Nc1ccc(OCc2ccccc2)cc1. The average Bonchev–Trinajstić information content (AvgIpc) is 2.82. The standard InChI is InChI=1S/C25H25ClN2O3S/c1-32-16-15-23(28-24(29)21-9-5-6-10-22(21)26)25(30)27-19-11-13-20(14-12-19)31-17-18-7-3-2-4-8-18/h2-14,23H,15-17H2,1H3,(H,27,30)(H,28,29). The number of nitrogens with one attached hydrogen (secondary N) is 2. The van der Waals surface area contributed by atoms with Gasteiger partial charge in [0.1, 0.15) is 18.4 Å². The third kappa shape index (κ3) is 7.04. The lowest BCUT2D eigenvalue weighted by molar-refractivity contribution is -0.118. The first-order valence-corrected chi connectivity index (χ1v) is 12.0. The van der Waals surface area contributed by atoms with Crippen molar-refractivity contribution in [2.45, 2.75) is 19.1 Å². The Labute approximate surface area is 197 Å². The van der Waals surface area contributed by atoms with E-state index in [1.807, 2.05) is 36.6 Å². The smallest absolute Gasteiger partial charge is 0.253 e. The molecule has 32 heavy (non-hydrogen) atoms. The molecule has 2 N–H and O–H groups in total. The maximum Gasteiger partial charge on any atom is 0.253 e. The van der Waals surface area contributed by atoms with Gasteiger partial charge in [-0.2, -0.15) is 11.8 Å². The third-order valence-corrected chi connectivity index (χ3v) is 5.69. The Morgan fingerprint density at radius 1 is 0.969 bits per heavy atom. The zero-order chi connectivity index (χ0) is 22.8. The van der Waals surface area contributed by atoms with Gasteiger partial charge in [-0.15, -0.1) is 0 Å². The summed E-state index contributed by atoms with van der Waals surface area (Å²) in [7, 11) is 0. The number of thioether (sulfide) groups is 1. The number of carbonyl (C=O) groups excluding carboxylic acids is 2. The first kappa shape index (κ1) is 23.7. The largest absolute Gasteiger partial charge is 0.489 e. The molecule has 0 fully saturated rings. The monoisotopic (exact) mass is 468 g/mol. The second-order valence-corrected chi connectivity index (χ2v) is 8.47. The molecule has 0 bridgehead atoms. The molecule has 0 spiro atoms. The number of benzene rings is 3. The number of hydrogen-bond acceptors (Lipinski definition) is 4. The molecular formula is C25H25ClN2O3S. The van der Waals surface area contributed by atoms with Crippen LogP contribution in [-0.4, -0.2) is 29.9 Å². The predicted molar refractivity (Wildman–Crippen MR) is 132 cm³/mol. The van der Waals surface area contributed by atoms with Crippen LogP contribution in [0.15, 0.2) is 78.9 Å². The molecular weight excluding hydrogens is 444 g/mol. The van der Waals surface area contributed by atoms with Crippen molar-refractivity contribution in [2.24, 2.45) is 0 Å². The van der Waals surface area contributed by atoms with Crippen LogP contribution >= 0.6 is 23.4 Å². The summed E-state index contributed by atoms with van der Waals surface area (Å²) in [5.41, 5.74) is 2.05. The highest BCUT2D eigenvalue weighted by Crippen LogP contribution is 2.19. The highest BCUT2D eigenvalue weighted by atomic mass is 35.5. The second kappa shape index (κ2) is 12.2. The van der Waals surface area contributed by atoms with Gasteiger partial charge in [0.25, 0.3) is 5.91 Å². The van der Waals surface area contributed by atoms with E-state index >= 15 is 0 Å². The van der Waals surface area contributed by atoms with Crippen LogP contribution in [0.1, 0.15) is 22.3 Å². The predicted octanol–water partition coefficient (Wildman–Crippen LogP) is 5.41. The minimum Gasteiger partial charge on any atom is -0.489 e. The van der Waals surface area contributed by atoms with Crippen molar-refractivity contribution in [3.63, 3.8) is 0 Å². The second-order valence-electron chi connectivity index (χ2n) is 7.08. The van der Waals surface area contributed by atoms with Crippen LogP contribution < -0.4 is 15.4 Å². The van der Waals surface area contributed by atoms with E-state index in [4.69, 9.17) is 16.3 Å². The van der Waals surface area contributed by atoms with E-state index in [0.717, 1.165) is 11.3 Å². The molecule has 0 aromatic heterocycles. The van der Waals surface area contributed by atoms with Crippen molar-refractivity contribution in [3.05, 3.63) is 95.0 Å². The highest BCUT2D eigenvalue weighted by Gasteiger charge is 2.22. The number of hydrogen-bond donors (Lipinski definition) is 2. The van der Waals surface area contributed by atoms with Crippen LogP contribution in [0.4, 0.5) is 5.69 Å². The zero-order valence-electron chi connectivity index (χ0n) is 17.7. The summed E-state index contributed by atoms with van der Waals surface area (Å²) in [6, 6.07) is 23.2. The quantitative estimate of drug-likeness (QED) is 0.417. The molecule has 3 aromatic rings. The zero-order valence-corrected chi connectivity index (χ0v) is 19.3. The molecule has 0 saturated carbocycles. The fourth-order valence-corrected chi connectivity index (χ4v) is 3.68. The summed E-state index contributed by atoms with van der Waals surface area (Å²) in [5, 5.41) is 6.02. The minimum absolute atomic E-state index is 0.280. The average molecular weight is 469 g/mol. The lowest BCUT2D eigenvalue weighted by Gasteiger charge is -2.19. The van der Waals surface area contributed by atoms with Gasteiger partial charge in [-0.25, -0.2) is 0 Å². The van der Waals surface area contributed by atoms with Gasteiger partial charge in [-0.1, -0.05) is 54.1 Å². The Kier molecular flexibility index (Phi) is 9.01. The first-order valence-electron chi connectivity index (χ1n) is 10.2. The molecule has 166 valence electrons. The summed E-state index contributed by atoms with van der Waals surface area (Å²) in [4.78, 5) is 25.5. The Bertz CT molecular complexity index is 1030. The molecule has 0 aliphatic carbocycles. The molecule has 0 saturated heterocycles. The molecule has 0 heterocycles. The van der Waals surface area contributed by atoms with E-state index in [-0.39, 0.29) is 11.8 Å². The van der Waals surface area contributed by atoms with Crippen LogP contribution in [-0.2, 0) is 11.4 Å². The van der Waals surface area contributed by atoms with Crippen LogP contribution in [0, 0.1) is 0 Å². The van der Waals surface area contributed by atoms with Gasteiger partial charge < -0.3 is 15.4 Å². The Hall–Kier alpha value is -2.96. The molecule has 0 radical (unpaired) electrons. The maximum atomic E-state index is 12.9. The van der Waals surface area contributed by atoms with E-state index in [0.29, 0.717) is 35.1 Å². The normalized spacial score (nSPS) is 11.4. The minimum atomic E-state index is -0.680. The highest BCUT2D eigenvalue weighted by molar-refractivity contribution is 7.98. The van der Waals surface area contributed by atoms with Gasteiger partial charge in [-0.05, 0) is 60.4 Å². The molecule has 7 heteroatoms. The van der Waals surface area contributed by atoms with Crippen molar-refractivity contribution in [1.29, 1.82) is 0 Å². The first-order chi connectivity index (χ1) is 15.6. The van der Waals surface area contributed by atoms with Crippen LogP contribution in [0.3, 0.4) is 0 Å².